The number of carbonyl (C=O) groups excluding carboxylic acids is 2. The lowest BCUT2D eigenvalue weighted by Gasteiger charge is -2.59. The van der Waals surface area contributed by atoms with Gasteiger partial charge < -0.3 is 20.4 Å². The van der Waals surface area contributed by atoms with Crippen molar-refractivity contribution in [2.45, 2.75) is 97.0 Å². The van der Waals surface area contributed by atoms with Gasteiger partial charge in [-0.25, -0.2) is 0 Å². The van der Waals surface area contributed by atoms with Gasteiger partial charge in [0, 0.05) is 18.4 Å². The molecule has 3 N–H and O–H groups in total. The van der Waals surface area contributed by atoms with Crippen molar-refractivity contribution in [2.24, 2.45) is 33.7 Å². The second-order valence-electron chi connectivity index (χ2n) is 12.0. The smallest absolute Gasteiger partial charge is 0.303 e. The van der Waals surface area contributed by atoms with Gasteiger partial charge in [0.1, 0.15) is 5.60 Å². The highest BCUT2D eigenvalue weighted by atomic mass is 16.6. The monoisotopic (exact) mass is 502 g/mol. The first-order valence-electron chi connectivity index (χ1n) is 13.6. The number of Topliss-reactive ketones (excluding diaryl/α,β-unsaturated/α-hetero) is 1. The molecule has 8 nitrogen and oxygen atoms in total. The lowest BCUT2D eigenvalue weighted by atomic mass is 9.46. The van der Waals surface area contributed by atoms with Crippen LogP contribution in [0.15, 0.2) is 16.8 Å². The Kier molecular flexibility index (Phi) is 7.65. The molecule has 6 atom stereocenters. The number of unbranched alkanes of at least 4 members (excludes halogenated alkanes) is 1. The molecular weight excluding hydrogens is 460 g/mol. The molecule has 3 saturated carbocycles. The zero-order valence-electron chi connectivity index (χ0n) is 22.0. The van der Waals surface area contributed by atoms with Crippen LogP contribution < -0.4 is 5.32 Å². The predicted molar refractivity (Wildman–Crippen MR) is 135 cm³/mol. The minimum Gasteiger partial charge on any atom is -0.481 e. The highest BCUT2D eigenvalue weighted by molar-refractivity contribution is 5.96. The molecule has 0 bridgehead atoms. The van der Waals surface area contributed by atoms with Gasteiger partial charge >= 0.3 is 5.97 Å². The number of hydrogen-bond acceptors (Lipinski definition) is 6. The minimum atomic E-state index is -1.17. The number of ketones is 1. The van der Waals surface area contributed by atoms with Crippen LogP contribution in [0.4, 0.5) is 0 Å². The largest absolute Gasteiger partial charge is 0.481 e. The zero-order chi connectivity index (χ0) is 26.1. The molecule has 4 rings (SSSR count). The number of nitrogens with one attached hydrogen (secondary N) is 1. The van der Waals surface area contributed by atoms with E-state index in [2.05, 4.69) is 30.4 Å². The second-order valence-corrected chi connectivity index (χ2v) is 12.0. The van der Waals surface area contributed by atoms with E-state index in [1.807, 2.05) is 0 Å². The maximum absolute atomic E-state index is 12.4. The molecule has 0 aromatic carbocycles. The number of amides is 1. The van der Waals surface area contributed by atoms with E-state index in [4.69, 9.17) is 9.94 Å². The predicted octanol–water partition coefficient (Wildman–Crippen LogP) is 4.01. The summed E-state index contributed by atoms with van der Waals surface area (Å²) in [6.45, 7) is 6.39. The first-order valence-corrected chi connectivity index (χ1v) is 13.6. The Morgan fingerprint density at radius 3 is 2.56 bits per heavy atom. The third kappa shape index (κ3) is 4.73. The minimum absolute atomic E-state index is 0.0704. The molecule has 0 unspecified atom stereocenters. The average molecular weight is 503 g/mol. The van der Waals surface area contributed by atoms with E-state index in [1.165, 1.54) is 5.57 Å². The summed E-state index contributed by atoms with van der Waals surface area (Å²) in [5.41, 5.74) is 0.914. The number of aliphatic hydroxyl groups is 1. The van der Waals surface area contributed by atoms with Crippen LogP contribution in [-0.2, 0) is 19.2 Å². The SMILES string of the molecule is CC(=O)[C@]1(O)CC[C@H]2[C@@H]3CCC4=C/C(=N\OCC(=O)NCCCCC(=O)O)CC[C@]4(C)[C@H]3CC[C@@]21C. The van der Waals surface area contributed by atoms with Crippen LogP contribution >= 0.6 is 0 Å². The number of carbonyl (C=O) groups is 3. The number of carboxylic acids is 1. The molecule has 0 heterocycles. The Bertz CT molecular complexity index is 960. The van der Waals surface area contributed by atoms with Crippen molar-refractivity contribution in [1.29, 1.82) is 0 Å². The number of oxime groups is 1. The van der Waals surface area contributed by atoms with Crippen LogP contribution in [0, 0.1) is 28.6 Å². The Labute approximate surface area is 213 Å². The summed E-state index contributed by atoms with van der Waals surface area (Å²) < 4.78 is 0. The Morgan fingerprint density at radius 2 is 1.83 bits per heavy atom. The van der Waals surface area contributed by atoms with Gasteiger partial charge in [-0.3, -0.25) is 14.4 Å². The number of fused-ring (bicyclic) bond motifs is 5. The molecule has 36 heavy (non-hydrogen) atoms. The molecule has 0 aliphatic heterocycles. The molecule has 4 aliphatic carbocycles. The number of carboxylic acid groups (broad SMARTS) is 1. The van der Waals surface area contributed by atoms with Crippen LogP contribution in [-0.4, -0.2) is 52.3 Å². The molecule has 1 amide bonds. The normalized spacial score (nSPS) is 38.4. The van der Waals surface area contributed by atoms with E-state index >= 15 is 0 Å². The van der Waals surface area contributed by atoms with E-state index in [9.17, 15) is 19.5 Å². The summed E-state index contributed by atoms with van der Waals surface area (Å²) in [7, 11) is 0. The van der Waals surface area contributed by atoms with Gasteiger partial charge in [0.05, 0.1) is 5.71 Å². The summed E-state index contributed by atoms with van der Waals surface area (Å²) in [4.78, 5) is 40.2. The van der Waals surface area contributed by atoms with Crippen molar-refractivity contribution in [3.63, 3.8) is 0 Å². The standard InChI is InChI=1S/C28H42N2O6/c1-18(31)28(35)14-11-23-21-8-7-19-16-20(9-12-26(19,2)22(21)10-13-27(23,28)3)30-36-17-24(32)29-15-5-4-6-25(33)34/h16,21-23,35H,4-15,17H2,1-3H3,(H,29,32)(H,33,34)/b30-20-/t21-,22+,23+,26+,27+,28-/m1/s1. The van der Waals surface area contributed by atoms with Crippen molar-refractivity contribution >= 4 is 23.4 Å². The van der Waals surface area contributed by atoms with Gasteiger partial charge in [0.2, 0.25) is 0 Å². The van der Waals surface area contributed by atoms with Gasteiger partial charge in [-0.05, 0) is 100 Å². The summed E-state index contributed by atoms with van der Waals surface area (Å²) in [5, 5.41) is 26.9. The van der Waals surface area contributed by atoms with Crippen molar-refractivity contribution in [3.05, 3.63) is 11.6 Å². The van der Waals surface area contributed by atoms with Gasteiger partial charge in [0.15, 0.2) is 12.4 Å². The fourth-order valence-electron chi connectivity index (χ4n) is 8.09. The van der Waals surface area contributed by atoms with Gasteiger partial charge in [-0.1, -0.05) is 24.6 Å². The number of aliphatic carboxylic acids is 1. The quantitative estimate of drug-likeness (QED) is 0.323. The zero-order valence-corrected chi connectivity index (χ0v) is 22.0. The van der Waals surface area contributed by atoms with Crippen LogP contribution in [0.1, 0.15) is 91.4 Å². The maximum Gasteiger partial charge on any atom is 0.303 e. The summed E-state index contributed by atoms with van der Waals surface area (Å²) in [6, 6.07) is 0. The lowest BCUT2D eigenvalue weighted by molar-refractivity contribution is -0.159. The fraction of sp³-hybridized carbons (Fsp3) is 0.786. The Morgan fingerprint density at radius 1 is 1.08 bits per heavy atom. The number of allylic oxidation sites excluding steroid dienone is 2. The van der Waals surface area contributed by atoms with Gasteiger partial charge in [0.25, 0.3) is 5.91 Å². The molecule has 0 spiro atoms. The molecule has 3 fully saturated rings. The lowest BCUT2D eigenvalue weighted by Crippen LogP contribution is -2.57. The number of nitrogens with zero attached hydrogens (tertiary/aromatic N) is 1. The molecule has 0 aromatic heterocycles. The third-order valence-corrected chi connectivity index (χ3v) is 10.2. The summed E-state index contributed by atoms with van der Waals surface area (Å²) in [6.07, 6.45) is 10.8. The maximum atomic E-state index is 12.4. The Balaban J connectivity index is 1.34. The topological polar surface area (TPSA) is 125 Å². The molecule has 0 aromatic rings. The molecule has 8 heteroatoms. The first-order chi connectivity index (χ1) is 17.0. The average Bonchev–Trinajstić information content (AvgIpc) is 3.11. The van der Waals surface area contributed by atoms with Crippen LogP contribution in [0.5, 0.6) is 0 Å². The van der Waals surface area contributed by atoms with Crippen molar-refractivity contribution in [2.75, 3.05) is 13.2 Å². The van der Waals surface area contributed by atoms with E-state index in [0.29, 0.717) is 43.6 Å². The van der Waals surface area contributed by atoms with Crippen molar-refractivity contribution in [3.8, 4) is 0 Å². The van der Waals surface area contributed by atoms with Gasteiger partial charge in [-0.2, -0.15) is 0 Å². The van der Waals surface area contributed by atoms with Crippen LogP contribution in [0.25, 0.3) is 0 Å². The van der Waals surface area contributed by atoms with Crippen molar-refractivity contribution < 1.29 is 29.4 Å². The summed E-state index contributed by atoms with van der Waals surface area (Å²) >= 11 is 0. The van der Waals surface area contributed by atoms with E-state index < -0.39 is 11.6 Å². The van der Waals surface area contributed by atoms with Crippen LogP contribution in [0.3, 0.4) is 0 Å². The molecule has 200 valence electrons. The molecule has 4 aliphatic rings. The third-order valence-electron chi connectivity index (χ3n) is 10.2. The van der Waals surface area contributed by atoms with Gasteiger partial charge in [-0.15, -0.1) is 0 Å². The first kappa shape index (κ1) is 26.8. The van der Waals surface area contributed by atoms with Crippen molar-refractivity contribution in [1.82, 2.24) is 5.32 Å². The summed E-state index contributed by atoms with van der Waals surface area (Å²) in [5.74, 6) is 0.333. The van der Waals surface area contributed by atoms with E-state index in [0.717, 1.165) is 50.7 Å². The fourth-order valence-corrected chi connectivity index (χ4v) is 8.09. The van der Waals surface area contributed by atoms with Crippen LogP contribution in [0.2, 0.25) is 0 Å². The van der Waals surface area contributed by atoms with E-state index in [-0.39, 0.29) is 35.5 Å². The Hall–Kier alpha value is -2.22. The highest BCUT2D eigenvalue weighted by Crippen LogP contribution is 2.67. The number of hydrogen-bond donors (Lipinski definition) is 3. The second kappa shape index (κ2) is 10.3. The highest BCUT2D eigenvalue weighted by Gasteiger charge is 2.65. The van der Waals surface area contributed by atoms with E-state index in [1.54, 1.807) is 6.92 Å². The molecular formula is C28H42N2O6. The molecule has 0 saturated heterocycles. The number of rotatable bonds is 9. The molecule has 0 radical (unpaired) electrons.